The molecule has 7 heteroatoms. The van der Waals surface area contributed by atoms with Crippen LogP contribution >= 0.6 is 15.9 Å². The van der Waals surface area contributed by atoms with E-state index < -0.39 is 18.1 Å². The molecule has 32 heavy (non-hydrogen) atoms. The Bertz CT molecular complexity index is 1150. The summed E-state index contributed by atoms with van der Waals surface area (Å²) < 4.78 is 6.37. The van der Waals surface area contributed by atoms with Crippen molar-refractivity contribution in [2.45, 2.75) is 19.1 Å². The van der Waals surface area contributed by atoms with Crippen molar-refractivity contribution in [3.63, 3.8) is 0 Å². The van der Waals surface area contributed by atoms with Crippen LogP contribution in [0.2, 0.25) is 0 Å². The number of amides is 2. The van der Waals surface area contributed by atoms with Crippen molar-refractivity contribution < 1.29 is 19.2 Å². The Labute approximate surface area is 194 Å². The van der Waals surface area contributed by atoms with E-state index in [0.717, 1.165) is 15.7 Å². The van der Waals surface area contributed by atoms with Gasteiger partial charge in [0.1, 0.15) is 11.7 Å². The SMILES string of the molecule is CCOc1ccc(N2C(=O)[C@@H]3[C@@H](c4cccc(Br)c4)N(c4ccccc4)O[C@H]3C2=O)cc1. The van der Waals surface area contributed by atoms with E-state index in [2.05, 4.69) is 15.9 Å². The second-order valence-electron chi connectivity index (χ2n) is 7.65. The van der Waals surface area contributed by atoms with Crippen molar-refractivity contribution in [2.24, 2.45) is 5.92 Å². The van der Waals surface area contributed by atoms with E-state index in [9.17, 15) is 9.59 Å². The molecule has 3 aromatic carbocycles. The number of carbonyl (C=O) groups excluding carboxylic acids is 2. The lowest BCUT2D eigenvalue weighted by Gasteiger charge is -2.28. The van der Waals surface area contributed by atoms with Gasteiger partial charge in [-0.15, -0.1) is 0 Å². The highest BCUT2D eigenvalue weighted by Crippen LogP contribution is 2.47. The number of hydrogen-bond acceptors (Lipinski definition) is 5. The van der Waals surface area contributed by atoms with E-state index in [1.165, 1.54) is 4.90 Å². The van der Waals surface area contributed by atoms with E-state index in [4.69, 9.17) is 9.57 Å². The fraction of sp³-hybridized carbons (Fsp3) is 0.200. The van der Waals surface area contributed by atoms with Gasteiger partial charge >= 0.3 is 0 Å². The molecule has 3 aromatic rings. The molecule has 0 N–H and O–H groups in total. The van der Waals surface area contributed by atoms with E-state index in [-0.39, 0.29) is 11.8 Å². The summed E-state index contributed by atoms with van der Waals surface area (Å²) in [6.07, 6.45) is -0.891. The van der Waals surface area contributed by atoms with E-state index in [0.29, 0.717) is 18.0 Å². The molecule has 3 atom stereocenters. The molecule has 0 bridgehead atoms. The number of carbonyl (C=O) groups is 2. The number of hydroxylamine groups is 1. The maximum atomic E-state index is 13.6. The van der Waals surface area contributed by atoms with Gasteiger partial charge in [0.05, 0.1) is 24.0 Å². The average molecular weight is 493 g/mol. The van der Waals surface area contributed by atoms with E-state index in [1.807, 2.05) is 61.5 Å². The highest BCUT2D eigenvalue weighted by molar-refractivity contribution is 9.10. The van der Waals surface area contributed by atoms with Crippen LogP contribution in [0.3, 0.4) is 0 Å². The number of imide groups is 1. The van der Waals surface area contributed by atoms with Crippen molar-refractivity contribution in [3.8, 4) is 5.75 Å². The topological polar surface area (TPSA) is 59.1 Å². The molecule has 5 rings (SSSR count). The van der Waals surface area contributed by atoms with Crippen LogP contribution in [0, 0.1) is 5.92 Å². The molecule has 2 aliphatic heterocycles. The zero-order chi connectivity index (χ0) is 22.2. The van der Waals surface area contributed by atoms with Crippen molar-refractivity contribution in [1.82, 2.24) is 0 Å². The first-order chi connectivity index (χ1) is 15.6. The van der Waals surface area contributed by atoms with Gasteiger partial charge in [-0.1, -0.05) is 46.3 Å². The van der Waals surface area contributed by atoms with Crippen LogP contribution < -0.4 is 14.7 Å². The molecular weight excluding hydrogens is 472 g/mol. The number of nitrogens with zero attached hydrogens (tertiary/aromatic N) is 2. The predicted molar refractivity (Wildman–Crippen MR) is 124 cm³/mol. The van der Waals surface area contributed by atoms with E-state index in [1.54, 1.807) is 29.3 Å². The lowest BCUT2D eigenvalue weighted by atomic mass is 9.90. The summed E-state index contributed by atoms with van der Waals surface area (Å²) in [5.41, 5.74) is 2.20. The number of rotatable bonds is 5. The summed E-state index contributed by atoms with van der Waals surface area (Å²) in [6, 6.07) is 23.8. The smallest absolute Gasteiger partial charge is 0.266 e. The number of anilines is 2. The minimum atomic E-state index is -0.891. The first-order valence-electron chi connectivity index (χ1n) is 10.5. The van der Waals surface area contributed by atoms with E-state index >= 15 is 0 Å². The zero-order valence-electron chi connectivity index (χ0n) is 17.4. The maximum absolute atomic E-state index is 13.6. The van der Waals surface area contributed by atoms with Crippen LogP contribution in [0.5, 0.6) is 5.75 Å². The lowest BCUT2D eigenvalue weighted by molar-refractivity contribution is -0.126. The summed E-state index contributed by atoms with van der Waals surface area (Å²) >= 11 is 3.52. The molecule has 0 spiro atoms. The Morgan fingerprint density at radius 2 is 1.66 bits per heavy atom. The second kappa shape index (κ2) is 8.41. The summed E-state index contributed by atoms with van der Waals surface area (Å²) in [7, 11) is 0. The van der Waals surface area contributed by atoms with Gasteiger partial charge in [-0.05, 0) is 61.0 Å². The third kappa shape index (κ3) is 3.47. The van der Waals surface area contributed by atoms with Gasteiger partial charge in [0.25, 0.3) is 5.91 Å². The summed E-state index contributed by atoms with van der Waals surface area (Å²) in [5.74, 6) is -0.604. The first kappa shape index (κ1) is 20.7. The van der Waals surface area contributed by atoms with Crippen molar-refractivity contribution >= 4 is 39.1 Å². The summed E-state index contributed by atoms with van der Waals surface area (Å²) in [5, 5.41) is 1.70. The lowest BCUT2D eigenvalue weighted by Crippen LogP contribution is -2.37. The molecule has 2 fully saturated rings. The van der Waals surface area contributed by atoms with Crippen molar-refractivity contribution in [1.29, 1.82) is 0 Å². The summed E-state index contributed by atoms with van der Waals surface area (Å²) in [6.45, 7) is 2.45. The average Bonchev–Trinajstić information content (AvgIpc) is 3.31. The van der Waals surface area contributed by atoms with Crippen LogP contribution in [-0.2, 0) is 14.4 Å². The number of benzene rings is 3. The van der Waals surface area contributed by atoms with Gasteiger partial charge in [-0.25, -0.2) is 9.96 Å². The molecule has 2 aliphatic rings. The first-order valence-corrected chi connectivity index (χ1v) is 11.2. The molecule has 2 saturated heterocycles. The molecule has 162 valence electrons. The van der Waals surface area contributed by atoms with Crippen LogP contribution in [-0.4, -0.2) is 24.5 Å². The largest absolute Gasteiger partial charge is 0.494 e. The van der Waals surface area contributed by atoms with Crippen LogP contribution in [0.25, 0.3) is 0 Å². The van der Waals surface area contributed by atoms with Gasteiger partial charge in [0, 0.05) is 4.47 Å². The van der Waals surface area contributed by atoms with Crippen LogP contribution in [0.1, 0.15) is 18.5 Å². The fourth-order valence-corrected chi connectivity index (χ4v) is 4.77. The number of hydrogen-bond donors (Lipinski definition) is 0. The molecule has 2 amide bonds. The Morgan fingerprint density at radius 3 is 2.34 bits per heavy atom. The van der Waals surface area contributed by atoms with Gasteiger partial charge in [-0.2, -0.15) is 0 Å². The normalized spacial score (nSPS) is 22.4. The number of ether oxygens (including phenoxy) is 1. The third-order valence-electron chi connectivity index (χ3n) is 5.72. The number of halogens is 1. The highest BCUT2D eigenvalue weighted by Gasteiger charge is 2.60. The molecule has 0 saturated carbocycles. The molecule has 6 nitrogen and oxygen atoms in total. The highest BCUT2D eigenvalue weighted by atomic mass is 79.9. The predicted octanol–water partition coefficient (Wildman–Crippen LogP) is 4.90. The molecule has 0 unspecified atom stereocenters. The molecular formula is C25H21BrN2O4. The fourth-order valence-electron chi connectivity index (χ4n) is 4.36. The monoisotopic (exact) mass is 492 g/mol. The zero-order valence-corrected chi connectivity index (χ0v) is 18.9. The van der Waals surface area contributed by atoms with Gasteiger partial charge in [0.2, 0.25) is 5.91 Å². The quantitative estimate of drug-likeness (QED) is 0.474. The molecule has 0 aliphatic carbocycles. The minimum Gasteiger partial charge on any atom is -0.494 e. The van der Waals surface area contributed by atoms with Gasteiger partial charge in [-0.3, -0.25) is 14.4 Å². The van der Waals surface area contributed by atoms with Crippen molar-refractivity contribution in [2.75, 3.05) is 16.6 Å². The second-order valence-corrected chi connectivity index (χ2v) is 8.57. The van der Waals surface area contributed by atoms with Gasteiger partial charge in [0.15, 0.2) is 6.10 Å². The molecule has 0 aromatic heterocycles. The molecule has 0 radical (unpaired) electrons. The number of para-hydroxylation sites is 1. The van der Waals surface area contributed by atoms with Crippen molar-refractivity contribution in [3.05, 3.63) is 88.9 Å². The molecule has 2 heterocycles. The van der Waals surface area contributed by atoms with Crippen LogP contribution in [0.15, 0.2) is 83.3 Å². The Balaban J connectivity index is 1.54. The third-order valence-corrected chi connectivity index (χ3v) is 6.22. The van der Waals surface area contributed by atoms with Gasteiger partial charge < -0.3 is 4.74 Å². The summed E-state index contributed by atoms with van der Waals surface area (Å²) in [4.78, 5) is 34.3. The minimum absolute atomic E-state index is 0.271. The standard InChI is InChI=1S/C25H21BrN2O4/c1-2-31-20-13-11-18(12-14-20)27-24(29)21-22(16-7-6-8-17(26)15-16)28(32-23(21)25(27)30)19-9-4-3-5-10-19/h3-15,21-23H,2H2,1H3/t21-,22-,23-/m1/s1. The Hall–Kier alpha value is -3.16. The Kier molecular flexibility index (Phi) is 5.45. The Morgan fingerprint density at radius 1 is 0.906 bits per heavy atom. The van der Waals surface area contributed by atoms with Crippen LogP contribution in [0.4, 0.5) is 11.4 Å². The number of fused-ring (bicyclic) bond motifs is 1. The maximum Gasteiger partial charge on any atom is 0.266 e.